The number of hydrogen-bond acceptors (Lipinski definition) is 4. The number of thiophene rings is 1. The second kappa shape index (κ2) is 10.3. The highest BCUT2D eigenvalue weighted by Crippen LogP contribution is 2.29. The van der Waals surface area contributed by atoms with Crippen LogP contribution in [0.5, 0.6) is 0 Å². The Labute approximate surface area is 179 Å². The first-order valence-electron chi connectivity index (χ1n) is 8.29. The number of aliphatic hydroxyl groups is 1. The number of nitriles is 1. The van der Waals surface area contributed by atoms with E-state index in [9.17, 15) is 5.11 Å². The van der Waals surface area contributed by atoms with E-state index in [1.54, 1.807) is 24.5 Å². The van der Waals surface area contributed by atoms with Crippen LogP contribution < -0.4 is 10.6 Å². The molecule has 0 amide bonds. The Bertz CT molecular complexity index is 931. The molecule has 1 heterocycles. The van der Waals surface area contributed by atoms with E-state index in [0.29, 0.717) is 24.6 Å². The molecule has 0 aliphatic carbocycles. The summed E-state index contributed by atoms with van der Waals surface area (Å²) in [7, 11) is 1.69. The monoisotopic (exact) mass is 492 g/mol. The van der Waals surface area contributed by atoms with Gasteiger partial charge in [0, 0.05) is 29.7 Å². The van der Waals surface area contributed by atoms with Crippen LogP contribution in [0.3, 0.4) is 0 Å². The number of rotatable bonds is 5. The molecule has 5 nitrogen and oxygen atoms in total. The van der Waals surface area contributed by atoms with E-state index in [1.165, 1.54) is 4.70 Å². The molecule has 1 atom stereocenters. The van der Waals surface area contributed by atoms with Crippen LogP contribution in [0.25, 0.3) is 10.1 Å². The van der Waals surface area contributed by atoms with Crippen molar-refractivity contribution in [3.63, 3.8) is 0 Å². The van der Waals surface area contributed by atoms with Crippen LogP contribution in [-0.2, 0) is 6.54 Å². The molecule has 27 heavy (non-hydrogen) atoms. The molecule has 3 aromatic rings. The van der Waals surface area contributed by atoms with Crippen LogP contribution in [0, 0.1) is 11.3 Å². The van der Waals surface area contributed by atoms with Gasteiger partial charge in [-0.05, 0) is 35.2 Å². The third-order valence-corrected chi connectivity index (χ3v) is 5.19. The minimum absolute atomic E-state index is 0. The first-order valence-corrected chi connectivity index (χ1v) is 9.11. The second-order valence-corrected chi connectivity index (χ2v) is 6.94. The molecular formula is C20H21IN4OS. The van der Waals surface area contributed by atoms with Gasteiger partial charge in [0.05, 0.1) is 11.6 Å². The maximum Gasteiger partial charge on any atom is 0.191 e. The fraction of sp³-hybridized carbons (Fsp3) is 0.200. The quantitative estimate of drug-likeness (QED) is 0.288. The van der Waals surface area contributed by atoms with Crippen molar-refractivity contribution in [1.29, 1.82) is 5.26 Å². The van der Waals surface area contributed by atoms with Crippen molar-refractivity contribution in [2.24, 2.45) is 4.99 Å². The number of guanidine groups is 1. The number of benzene rings is 2. The lowest BCUT2D eigenvalue weighted by Crippen LogP contribution is -2.38. The highest BCUT2D eigenvalue weighted by atomic mass is 127. The van der Waals surface area contributed by atoms with E-state index in [4.69, 9.17) is 5.26 Å². The smallest absolute Gasteiger partial charge is 0.191 e. The summed E-state index contributed by atoms with van der Waals surface area (Å²) in [5, 5.41) is 26.9. The molecule has 7 heteroatoms. The number of nitrogens with one attached hydrogen (secondary N) is 2. The summed E-state index contributed by atoms with van der Waals surface area (Å²) < 4.78 is 1.17. The van der Waals surface area contributed by atoms with Gasteiger partial charge < -0.3 is 15.7 Å². The second-order valence-electron chi connectivity index (χ2n) is 5.82. The molecule has 0 fully saturated rings. The summed E-state index contributed by atoms with van der Waals surface area (Å²) in [6.45, 7) is 0.916. The van der Waals surface area contributed by atoms with E-state index in [1.807, 2.05) is 42.5 Å². The van der Waals surface area contributed by atoms with Crippen molar-refractivity contribution >= 4 is 51.4 Å². The van der Waals surface area contributed by atoms with Crippen LogP contribution in [0.15, 0.2) is 59.6 Å². The number of aliphatic imine (C=N–C) groups is 1. The molecular weight excluding hydrogens is 471 g/mol. The maximum absolute atomic E-state index is 10.4. The fourth-order valence-electron chi connectivity index (χ4n) is 2.62. The minimum Gasteiger partial charge on any atom is -0.386 e. The summed E-state index contributed by atoms with van der Waals surface area (Å²) in [5.74, 6) is 0.604. The first kappa shape index (κ1) is 21.2. The van der Waals surface area contributed by atoms with Gasteiger partial charge in [0.2, 0.25) is 0 Å². The van der Waals surface area contributed by atoms with Crippen molar-refractivity contribution in [2.75, 3.05) is 13.6 Å². The van der Waals surface area contributed by atoms with Gasteiger partial charge in [0.1, 0.15) is 6.10 Å². The number of nitrogens with zero attached hydrogens (tertiary/aromatic N) is 2. The summed E-state index contributed by atoms with van der Waals surface area (Å²) in [6, 6.07) is 19.7. The fourth-order valence-corrected chi connectivity index (χ4v) is 3.67. The Morgan fingerprint density at radius 2 is 2.00 bits per heavy atom. The lowest BCUT2D eigenvalue weighted by atomic mass is 10.1. The van der Waals surface area contributed by atoms with Gasteiger partial charge in [-0.2, -0.15) is 5.26 Å². The average Bonchev–Trinajstić information content (AvgIpc) is 3.12. The predicted molar refractivity (Wildman–Crippen MR) is 122 cm³/mol. The highest BCUT2D eigenvalue weighted by Gasteiger charge is 2.12. The Morgan fingerprint density at radius 1 is 1.19 bits per heavy atom. The molecule has 0 bridgehead atoms. The Balaban J connectivity index is 0.00000261. The van der Waals surface area contributed by atoms with Crippen LogP contribution in [0.4, 0.5) is 0 Å². The van der Waals surface area contributed by atoms with Crippen LogP contribution in [-0.4, -0.2) is 24.7 Å². The minimum atomic E-state index is -0.604. The van der Waals surface area contributed by atoms with E-state index in [2.05, 4.69) is 27.8 Å². The molecule has 0 aliphatic heterocycles. The zero-order valence-corrected chi connectivity index (χ0v) is 18.0. The average molecular weight is 492 g/mol. The molecule has 1 unspecified atom stereocenters. The molecule has 140 valence electrons. The van der Waals surface area contributed by atoms with Gasteiger partial charge in [-0.3, -0.25) is 4.99 Å². The number of halogens is 1. The van der Waals surface area contributed by atoms with Gasteiger partial charge in [-0.15, -0.1) is 35.3 Å². The Hall–Kier alpha value is -2.15. The number of aliphatic hydroxyl groups excluding tert-OH is 1. The molecule has 2 aromatic carbocycles. The third-order valence-electron chi connectivity index (χ3n) is 3.98. The van der Waals surface area contributed by atoms with Crippen LogP contribution >= 0.6 is 35.3 Å². The van der Waals surface area contributed by atoms with Crippen molar-refractivity contribution in [2.45, 2.75) is 12.6 Å². The van der Waals surface area contributed by atoms with Gasteiger partial charge in [0.15, 0.2) is 5.96 Å². The van der Waals surface area contributed by atoms with Crippen molar-refractivity contribution in [3.05, 3.63) is 70.6 Å². The predicted octanol–water partition coefficient (Wildman–Crippen LogP) is 3.79. The van der Waals surface area contributed by atoms with Crippen molar-refractivity contribution in [1.82, 2.24) is 10.6 Å². The molecule has 0 aliphatic rings. The summed E-state index contributed by atoms with van der Waals surface area (Å²) in [4.78, 5) is 5.10. The van der Waals surface area contributed by atoms with Gasteiger partial charge in [-0.1, -0.05) is 30.3 Å². The lowest BCUT2D eigenvalue weighted by molar-refractivity contribution is 0.184. The molecule has 0 spiro atoms. The normalized spacial score (nSPS) is 12.1. The SMILES string of the molecule is CN=C(NCc1cccc(C#N)c1)NCC(O)c1cc2ccccc2s1.I. The summed E-state index contributed by atoms with van der Waals surface area (Å²) >= 11 is 1.60. The molecule has 3 N–H and O–H groups in total. The highest BCUT2D eigenvalue weighted by molar-refractivity contribution is 14.0. The van der Waals surface area contributed by atoms with Gasteiger partial charge >= 0.3 is 0 Å². The zero-order chi connectivity index (χ0) is 18.4. The first-order chi connectivity index (χ1) is 12.7. The van der Waals surface area contributed by atoms with Crippen molar-refractivity contribution in [3.8, 4) is 6.07 Å². The van der Waals surface area contributed by atoms with E-state index in [-0.39, 0.29) is 24.0 Å². The van der Waals surface area contributed by atoms with Crippen LogP contribution in [0.2, 0.25) is 0 Å². The van der Waals surface area contributed by atoms with E-state index in [0.717, 1.165) is 15.8 Å². The number of hydrogen-bond donors (Lipinski definition) is 3. The Morgan fingerprint density at radius 3 is 2.74 bits per heavy atom. The van der Waals surface area contributed by atoms with Gasteiger partial charge in [-0.25, -0.2) is 0 Å². The summed E-state index contributed by atoms with van der Waals surface area (Å²) in [5.41, 5.74) is 1.63. The molecule has 0 radical (unpaired) electrons. The third kappa shape index (κ3) is 5.66. The molecule has 0 saturated carbocycles. The topological polar surface area (TPSA) is 80.4 Å². The Kier molecular flexibility index (Phi) is 8.03. The zero-order valence-electron chi connectivity index (χ0n) is 14.8. The lowest BCUT2D eigenvalue weighted by Gasteiger charge is -2.14. The molecule has 0 saturated heterocycles. The van der Waals surface area contributed by atoms with Gasteiger partial charge in [0.25, 0.3) is 0 Å². The largest absolute Gasteiger partial charge is 0.386 e. The van der Waals surface area contributed by atoms with Crippen molar-refractivity contribution < 1.29 is 5.11 Å². The molecule has 1 aromatic heterocycles. The molecule has 3 rings (SSSR count). The van der Waals surface area contributed by atoms with Crippen LogP contribution in [0.1, 0.15) is 22.1 Å². The van der Waals surface area contributed by atoms with E-state index >= 15 is 0 Å². The standard InChI is InChI=1S/C20H20N4OS.HI/c1-22-20(23-12-15-6-4-5-14(9-15)11-21)24-13-17(25)19-10-16-7-2-3-8-18(16)26-19;/h2-10,17,25H,12-13H2,1H3,(H2,22,23,24);1H. The summed E-state index contributed by atoms with van der Waals surface area (Å²) in [6.07, 6.45) is -0.604. The number of fused-ring (bicyclic) bond motifs is 1. The van der Waals surface area contributed by atoms with E-state index < -0.39 is 6.10 Å². The maximum atomic E-state index is 10.4.